The lowest BCUT2D eigenvalue weighted by molar-refractivity contribution is -0.142. The van der Waals surface area contributed by atoms with Gasteiger partial charge >= 0.3 is 5.97 Å². The highest BCUT2D eigenvalue weighted by Gasteiger charge is 2.27. The number of amides is 1. The van der Waals surface area contributed by atoms with Crippen molar-refractivity contribution >= 4 is 11.9 Å². The van der Waals surface area contributed by atoms with E-state index in [4.69, 9.17) is 9.47 Å². The normalized spacial score (nSPS) is 12.8. The SMILES string of the molecule is COCCOc1cccc(C(=O)NC(c2ccccc2)C(C)C(=O)O)c1. The molecule has 2 rings (SSSR count). The number of carbonyl (C=O) groups excluding carboxylic acids is 1. The highest BCUT2D eigenvalue weighted by Crippen LogP contribution is 2.23. The van der Waals surface area contributed by atoms with Crippen LogP contribution in [0.3, 0.4) is 0 Å². The molecule has 0 aliphatic rings. The monoisotopic (exact) mass is 357 g/mol. The summed E-state index contributed by atoms with van der Waals surface area (Å²) in [6, 6.07) is 15.2. The molecule has 0 saturated carbocycles. The summed E-state index contributed by atoms with van der Waals surface area (Å²) in [5, 5.41) is 12.2. The number of benzene rings is 2. The number of rotatable bonds is 9. The van der Waals surface area contributed by atoms with Gasteiger partial charge in [0.25, 0.3) is 5.91 Å². The predicted molar refractivity (Wildman–Crippen MR) is 97.3 cm³/mol. The van der Waals surface area contributed by atoms with E-state index in [2.05, 4.69) is 5.32 Å². The van der Waals surface area contributed by atoms with E-state index in [-0.39, 0.29) is 5.91 Å². The molecule has 1 amide bonds. The van der Waals surface area contributed by atoms with Crippen LogP contribution in [0.4, 0.5) is 0 Å². The third-order valence-corrected chi connectivity index (χ3v) is 3.99. The average molecular weight is 357 g/mol. The van der Waals surface area contributed by atoms with Crippen LogP contribution in [0.25, 0.3) is 0 Å². The van der Waals surface area contributed by atoms with Crippen molar-refractivity contribution in [1.82, 2.24) is 5.32 Å². The zero-order valence-electron chi connectivity index (χ0n) is 14.8. The quantitative estimate of drug-likeness (QED) is 0.674. The van der Waals surface area contributed by atoms with Crippen molar-refractivity contribution in [1.29, 1.82) is 0 Å². The molecule has 138 valence electrons. The van der Waals surface area contributed by atoms with E-state index >= 15 is 0 Å². The van der Waals surface area contributed by atoms with Gasteiger partial charge in [-0.3, -0.25) is 9.59 Å². The third-order valence-electron chi connectivity index (χ3n) is 3.99. The summed E-state index contributed by atoms with van der Waals surface area (Å²) in [6.07, 6.45) is 0. The minimum Gasteiger partial charge on any atom is -0.491 e. The van der Waals surface area contributed by atoms with E-state index in [1.54, 1.807) is 50.4 Å². The lowest BCUT2D eigenvalue weighted by Gasteiger charge is -2.23. The molecule has 0 aromatic heterocycles. The number of carboxylic acid groups (broad SMARTS) is 1. The van der Waals surface area contributed by atoms with Crippen LogP contribution in [0, 0.1) is 5.92 Å². The minimum absolute atomic E-state index is 0.357. The molecule has 2 N–H and O–H groups in total. The van der Waals surface area contributed by atoms with Crippen molar-refractivity contribution in [2.45, 2.75) is 13.0 Å². The number of carboxylic acids is 1. The van der Waals surface area contributed by atoms with Crippen molar-refractivity contribution in [2.24, 2.45) is 5.92 Å². The summed E-state index contributed by atoms with van der Waals surface area (Å²) in [5.41, 5.74) is 1.14. The summed E-state index contributed by atoms with van der Waals surface area (Å²) in [6.45, 7) is 2.40. The Hall–Kier alpha value is -2.86. The van der Waals surface area contributed by atoms with Gasteiger partial charge in [-0.1, -0.05) is 36.4 Å². The number of hydrogen-bond donors (Lipinski definition) is 2. The number of methoxy groups -OCH3 is 1. The van der Waals surface area contributed by atoms with Gasteiger partial charge in [0.1, 0.15) is 12.4 Å². The van der Waals surface area contributed by atoms with Crippen molar-refractivity contribution < 1.29 is 24.2 Å². The van der Waals surface area contributed by atoms with Crippen LogP contribution >= 0.6 is 0 Å². The number of carbonyl (C=O) groups is 2. The first-order valence-corrected chi connectivity index (χ1v) is 8.33. The third kappa shape index (κ3) is 5.32. The Morgan fingerprint density at radius 3 is 2.46 bits per heavy atom. The fraction of sp³-hybridized carbons (Fsp3) is 0.300. The molecule has 0 heterocycles. The minimum atomic E-state index is -0.976. The molecular formula is C20H23NO5. The van der Waals surface area contributed by atoms with E-state index in [0.29, 0.717) is 24.5 Å². The molecule has 26 heavy (non-hydrogen) atoms. The lowest BCUT2D eigenvalue weighted by atomic mass is 9.94. The van der Waals surface area contributed by atoms with E-state index < -0.39 is 17.9 Å². The van der Waals surface area contributed by atoms with Gasteiger partial charge in [-0.15, -0.1) is 0 Å². The molecule has 0 spiro atoms. The second kappa shape index (κ2) is 9.58. The average Bonchev–Trinajstić information content (AvgIpc) is 2.66. The molecule has 0 aliphatic heterocycles. The molecule has 0 bridgehead atoms. The molecule has 2 aromatic carbocycles. The number of nitrogens with one attached hydrogen (secondary N) is 1. The fourth-order valence-electron chi connectivity index (χ4n) is 2.49. The van der Waals surface area contributed by atoms with Gasteiger partial charge in [0, 0.05) is 12.7 Å². The Morgan fingerprint density at radius 1 is 1.08 bits per heavy atom. The first kappa shape index (κ1) is 19.5. The fourth-order valence-corrected chi connectivity index (χ4v) is 2.49. The van der Waals surface area contributed by atoms with E-state index in [1.807, 2.05) is 18.2 Å². The van der Waals surface area contributed by atoms with Crippen molar-refractivity contribution in [3.8, 4) is 5.75 Å². The molecule has 2 unspecified atom stereocenters. The smallest absolute Gasteiger partial charge is 0.308 e. The van der Waals surface area contributed by atoms with E-state index in [0.717, 1.165) is 5.56 Å². The van der Waals surface area contributed by atoms with Crippen LogP contribution in [-0.2, 0) is 9.53 Å². The van der Waals surface area contributed by atoms with E-state index in [9.17, 15) is 14.7 Å². The summed E-state index contributed by atoms with van der Waals surface area (Å²) in [5.74, 6) is -1.56. The van der Waals surface area contributed by atoms with Gasteiger partial charge in [0.15, 0.2) is 0 Å². The van der Waals surface area contributed by atoms with Crippen LogP contribution < -0.4 is 10.1 Å². The molecule has 6 heteroatoms. The summed E-state index contributed by atoms with van der Waals surface area (Å²) >= 11 is 0. The maximum absolute atomic E-state index is 12.7. The first-order valence-electron chi connectivity index (χ1n) is 8.33. The Balaban J connectivity index is 2.16. The van der Waals surface area contributed by atoms with Crippen molar-refractivity contribution in [3.63, 3.8) is 0 Å². The second-order valence-corrected chi connectivity index (χ2v) is 5.86. The lowest BCUT2D eigenvalue weighted by Crippen LogP contribution is -2.35. The van der Waals surface area contributed by atoms with Crippen LogP contribution in [0.15, 0.2) is 54.6 Å². The summed E-state index contributed by atoms with van der Waals surface area (Å²) in [7, 11) is 1.58. The summed E-state index contributed by atoms with van der Waals surface area (Å²) in [4.78, 5) is 24.1. The Bertz CT molecular complexity index is 732. The highest BCUT2D eigenvalue weighted by atomic mass is 16.5. The molecule has 0 fully saturated rings. The van der Waals surface area contributed by atoms with Crippen molar-refractivity contribution in [3.05, 3.63) is 65.7 Å². The standard InChI is InChI=1S/C20H23NO5/c1-14(20(23)24)18(15-7-4-3-5-8-15)21-19(22)16-9-6-10-17(13-16)26-12-11-25-2/h3-10,13-14,18H,11-12H2,1-2H3,(H,21,22)(H,23,24). The van der Waals surface area contributed by atoms with Crippen LogP contribution in [-0.4, -0.2) is 37.3 Å². The number of hydrogen-bond acceptors (Lipinski definition) is 4. The largest absolute Gasteiger partial charge is 0.491 e. The molecule has 2 atom stereocenters. The maximum atomic E-state index is 12.7. The molecule has 0 radical (unpaired) electrons. The van der Waals surface area contributed by atoms with Gasteiger partial charge in [0.05, 0.1) is 18.6 Å². The maximum Gasteiger partial charge on any atom is 0.308 e. The van der Waals surface area contributed by atoms with Crippen LogP contribution in [0.5, 0.6) is 5.75 Å². The van der Waals surface area contributed by atoms with Crippen LogP contribution in [0.2, 0.25) is 0 Å². The first-order chi connectivity index (χ1) is 12.5. The highest BCUT2D eigenvalue weighted by molar-refractivity contribution is 5.95. The molecule has 0 aliphatic carbocycles. The van der Waals surface area contributed by atoms with Gasteiger partial charge in [-0.05, 0) is 30.7 Å². The second-order valence-electron chi connectivity index (χ2n) is 5.86. The zero-order chi connectivity index (χ0) is 18.9. The zero-order valence-corrected chi connectivity index (χ0v) is 14.8. The number of ether oxygens (including phenoxy) is 2. The molecule has 2 aromatic rings. The Labute approximate surface area is 152 Å². The summed E-state index contributed by atoms with van der Waals surface area (Å²) < 4.78 is 10.4. The molecule has 6 nitrogen and oxygen atoms in total. The van der Waals surface area contributed by atoms with Gasteiger partial charge in [-0.2, -0.15) is 0 Å². The van der Waals surface area contributed by atoms with Crippen molar-refractivity contribution in [2.75, 3.05) is 20.3 Å². The Kier molecular flexibility index (Phi) is 7.17. The van der Waals surface area contributed by atoms with Crippen LogP contribution in [0.1, 0.15) is 28.9 Å². The Morgan fingerprint density at radius 2 is 1.81 bits per heavy atom. The predicted octanol–water partition coefficient (Wildman–Crippen LogP) is 2.90. The van der Waals surface area contributed by atoms with Gasteiger partial charge in [-0.25, -0.2) is 0 Å². The molecule has 0 saturated heterocycles. The van der Waals surface area contributed by atoms with Gasteiger partial charge < -0.3 is 19.9 Å². The topological polar surface area (TPSA) is 84.9 Å². The molecular weight excluding hydrogens is 334 g/mol. The van der Waals surface area contributed by atoms with E-state index in [1.165, 1.54) is 0 Å². The van der Waals surface area contributed by atoms with Gasteiger partial charge in [0.2, 0.25) is 0 Å². The number of aliphatic carboxylic acids is 1.